The third-order valence-electron chi connectivity index (χ3n) is 7.84. The molecule has 0 spiro atoms. The Labute approximate surface area is 228 Å². The number of aromatic nitrogens is 1. The molecule has 2 nitrogen and oxygen atoms in total. The van der Waals surface area contributed by atoms with Crippen molar-refractivity contribution in [1.29, 1.82) is 5.26 Å². The Bertz CT molecular complexity index is 1820. The summed E-state index contributed by atoms with van der Waals surface area (Å²) in [6.45, 7) is 0. The maximum absolute atomic E-state index is 9.36. The summed E-state index contributed by atoms with van der Waals surface area (Å²) < 4.78 is 0. The smallest absolute Gasteiger partial charge is 0.0992 e. The molecule has 0 aliphatic heterocycles. The first-order valence-electron chi connectivity index (χ1n) is 13.1. The fourth-order valence-corrected chi connectivity index (χ4v) is 6.14. The van der Waals surface area contributed by atoms with Crippen LogP contribution in [0.15, 0.2) is 146 Å². The average molecular weight is 497 g/mol. The SMILES string of the molecule is N#Cc1ccnc(-c2cccc(-c3ccc4c(c3)C(c3ccccc3)(c3ccccc3)c3ccccc3-4)c2)c1. The zero-order valence-corrected chi connectivity index (χ0v) is 21.3. The number of rotatable bonds is 4. The molecule has 0 fully saturated rings. The predicted molar refractivity (Wildman–Crippen MR) is 157 cm³/mol. The van der Waals surface area contributed by atoms with Crippen LogP contribution < -0.4 is 0 Å². The molecule has 0 N–H and O–H groups in total. The van der Waals surface area contributed by atoms with E-state index in [1.54, 1.807) is 12.3 Å². The zero-order valence-electron chi connectivity index (χ0n) is 21.3. The quantitative estimate of drug-likeness (QED) is 0.244. The molecular formula is C37H24N2. The number of nitrogens with zero attached hydrogens (tertiary/aromatic N) is 2. The molecule has 1 heterocycles. The van der Waals surface area contributed by atoms with E-state index in [1.165, 1.54) is 33.4 Å². The predicted octanol–water partition coefficient (Wildman–Crippen LogP) is 8.65. The monoisotopic (exact) mass is 496 g/mol. The standard InChI is InChI=1S/C37H24N2/c38-25-26-20-21-39-36(22-26)29-11-9-10-27(23-29)28-18-19-33-32-16-7-8-17-34(32)37(35(33)24-28,30-12-3-1-4-13-30)31-14-5-2-6-15-31/h1-24H. The second kappa shape index (κ2) is 9.24. The minimum Gasteiger partial charge on any atom is -0.256 e. The molecule has 0 amide bonds. The third-order valence-corrected chi connectivity index (χ3v) is 7.84. The molecule has 0 radical (unpaired) electrons. The minimum atomic E-state index is -0.426. The molecule has 0 unspecified atom stereocenters. The normalized spacial score (nSPS) is 12.8. The maximum Gasteiger partial charge on any atom is 0.0992 e. The highest BCUT2D eigenvalue weighted by molar-refractivity contribution is 5.88. The lowest BCUT2D eigenvalue weighted by molar-refractivity contribution is 0.769. The third kappa shape index (κ3) is 3.60. The van der Waals surface area contributed by atoms with Gasteiger partial charge in [-0.15, -0.1) is 0 Å². The van der Waals surface area contributed by atoms with E-state index in [0.717, 1.165) is 22.4 Å². The molecular weight excluding hydrogens is 472 g/mol. The van der Waals surface area contributed by atoms with Gasteiger partial charge >= 0.3 is 0 Å². The Morgan fingerprint density at radius 3 is 1.90 bits per heavy atom. The number of fused-ring (bicyclic) bond motifs is 3. The van der Waals surface area contributed by atoms with Crippen LogP contribution in [0.1, 0.15) is 27.8 Å². The molecule has 0 atom stereocenters. The first kappa shape index (κ1) is 22.9. The van der Waals surface area contributed by atoms with Gasteiger partial charge in [0.15, 0.2) is 0 Å². The molecule has 39 heavy (non-hydrogen) atoms. The lowest BCUT2D eigenvalue weighted by Gasteiger charge is -2.34. The number of hydrogen-bond acceptors (Lipinski definition) is 2. The number of pyridine rings is 1. The van der Waals surface area contributed by atoms with Crippen LogP contribution in [0.25, 0.3) is 33.5 Å². The Kier molecular flexibility index (Phi) is 5.43. The summed E-state index contributed by atoms with van der Waals surface area (Å²) in [5.74, 6) is 0. The van der Waals surface area contributed by atoms with Gasteiger partial charge in [0.2, 0.25) is 0 Å². The van der Waals surface area contributed by atoms with Crippen LogP contribution in [-0.4, -0.2) is 4.98 Å². The van der Waals surface area contributed by atoms with Gasteiger partial charge in [0.05, 0.1) is 22.7 Å². The van der Waals surface area contributed by atoms with E-state index in [4.69, 9.17) is 0 Å². The van der Waals surface area contributed by atoms with Gasteiger partial charge < -0.3 is 0 Å². The van der Waals surface area contributed by atoms with Crippen molar-refractivity contribution >= 4 is 0 Å². The Morgan fingerprint density at radius 2 is 1.15 bits per heavy atom. The van der Waals surface area contributed by atoms with Crippen LogP contribution in [0.3, 0.4) is 0 Å². The fraction of sp³-hybridized carbons (Fsp3) is 0.0270. The molecule has 1 aliphatic carbocycles. The molecule has 1 aromatic heterocycles. The fourth-order valence-electron chi connectivity index (χ4n) is 6.14. The van der Waals surface area contributed by atoms with Gasteiger partial charge in [-0.1, -0.05) is 115 Å². The number of nitriles is 1. The second-order valence-electron chi connectivity index (χ2n) is 9.91. The lowest BCUT2D eigenvalue weighted by Crippen LogP contribution is -2.28. The van der Waals surface area contributed by atoms with Crippen LogP contribution in [0.5, 0.6) is 0 Å². The molecule has 5 aromatic carbocycles. The number of benzene rings is 5. The van der Waals surface area contributed by atoms with Crippen LogP contribution in [0.2, 0.25) is 0 Å². The van der Waals surface area contributed by atoms with E-state index >= 15 is 0 Å². The van der Waals surface area contributed by atoms with Crippen molar-refractivity contribution in [3.63, 3.8) is 0 Å². The first-order chi connectivity index (χ1) is 19.3. The van der Waals surface area contributed by atoms with E-state index in [0.29, 0.717) is 5.56 Å². The van der Waals surface area contributed by atoms with Crippen molar-refractivity contribution in [2.45, 2.75) is 5.41 Å². The summed E-state index contributed by atoms with van der Waals surface area (Å²) in [6, 6.07) is 51.6. The van der Waals surface area contributed by atoms with Gasteiger partial charge in [0.1, 0.15) is 0 Å². The average Bonchev–Trinajstić information content (AvgIpc) is 3.32. The Balaban J connectivity index is 1.47. The van der Waals surface area contributed by atoms with E-state index in [1.807, 2.05) is 6.07 Å². The van der Waals surface area contributed by atoms with E-state index in [9.17, 15) is 5.26 Å². The Hall–Kier alpha value is -5.26. The van der Waals surface area contributed by atoms with Crippen LogP contribution >= 0.6 is 0 Å². The molecule has 2 heteroatoms. The van der Waals surface area contributed by atoms with Crippen LogP contribution in [0.4, 0.5) is 0 Å². The highest BCUT2D eigenvalue weighted by Crippen LogP contribution is 2.56. The van der Waals surface area contributed by atoms with Gasteiger partial charge in [-0.2, -0.15) is 5.26 Å². The molecule has 7 rings (SSSR count). The van der Waals surface area contributed by atoms with Crippen molar-refractivity contribution in [2.75, 3.05) is 0 Å². The highest BCUT2D eigenvalue weighted by Gasteiger charge is 2.45. The van der Waals surface area contributed by atoms with E-state index in [2.05, 4.69) is 138 Å². The number of hydrogen-bond donors (Lipinski definition) is 0. The topological polar surface area (TPSA) is 36.7 Å². The zero-order chi connectivity index (χ0) is 26.2. The van der Waals surface area contributed by atoms with Crippen molar-refractivity contribution in [1.82, 2.24) is 4.98 Å². The van der Waals surface area contributed by atoms with Gasteiger partial charge in [0, 0.05) is 11.8 Å². The van der Waals surface area contributed by atoms with Crippen molar-refractivity contribution in [3.8, 4) is 39.6 Å². The van der Waals surface area contributed by atoms with Gasteiger partial charge in [-0.05, 0) is 68.8 Å². The summed E-state index contributed by atoms with van der Waals surface area (Å²) in [4.78, 5) is 4.53. The van der Waals surface area contributed by atoms with E-state index < -0.39 is 5.41 Å². The van der Waals surface area contributed by atoms with Crippen molar-refractivity contribution in [3.05, 3.63) is 174 Å². The molecule has 0 saturated heterocycles. The Morgan fingerprint density at radius 1 is 0.513 bits per heavy atom. The van der Waals surface area contributed by atoms with Crippen molar-refractivity contribution in [2.24, 2.45) is 0 Å². The summed E-state index contributed by atoms with van der Waals surface area (Å²) in [5.41, 5.74) is 11.9. The summed E-state index contributed by atoms with van der Waals surface area (Å²) in [5, 5.41) is 9.36. The largest absolute Gasteiger partial charge is 0.256 e. The van der Waals surface area contributed by atoms with Gasteiger partial charge in [-0.25, -0.2) is 0 Å². The molecule has 0 bridgehead atoms. The lowest BCUT2D eigenvalue weighted by atomic mass is 9.67. The van der Waals surface area contributed by atoms with Crippen LogP contribution in [-0.2, 0) is 5.41 Å². The summed E-state index contributed by atoms with van der Waals surface area (Å²) in [6.07, 6.45) is 1.70. The summed E-state index contributed by atoms with van der Waals surface area (Å²) in [7, 11) is 0. The van der Waals surface area contributed by atoms with Gasteiger partial charge in [-0.3, -0.25) is 4.98 Å². The highest BCUT2D eigenvalue weighted by atomic mass is 14.7. The van der Waals surface area contributed by atoms with E-state index in [-0.39, 0.29) is 0 Å². The van der Waals surface area contributed by atoms with Crippen molar-refractivity contribution < 1.29 is 0 Å². The summed E-state index contributed by atoms with van der Waals surface area (Å²) >= 11 is 0. The first-order valence-corrected chi connectivity index (χ1v) is 13.1. The van der Waals surface area contributed by atoms with Gasteiger partial charge in [0.25, 0.3) is 0 Å². The second-order valence-corrected chi connectivity index (χ2v) is 9.91. The minimum absolute atomic E-state index is 0.426. The maximum atomic E-state index is 9.36. The molecule has 0 saturated carbocycles. The molecule has 1 aliphatic rings. The molecule has 182 valence electrons. The van der Waals surface area contributed by atoms with Crippen LogP contribution in [0, 0.1) is 11.3 Å². The molecule has 6 aromatic rings.